The molecule has 2 N–H and O–H groups in total. The Morgan fingerprint density at radius 2 is 1.81 bits per heavy atom. The lowest BCUT2D eigenvalue weighted by Gasteiger charge is -2.19. The Kier molecular flexibility index (Phi) is 4.91. The minimum absolute atomic E-state index is 0.182. The maximum absolute atomic E-state index is 5.26. The number of thiocarbonyl (C=S) groups is 1. The van der Waals surface area contributed by atoms with E-state index in [1.807, 2.05) is 18.2 Å². The van der Waals surface area contributed by atoms with E-state index in [0.717, 1.165) is 5.82 Å². The molecule has 1 aromatic heterocycles. The summed E-state index contributed by atoms with van der Waals surface area (Å²) in [5, 5.41) is 6.82. The molecule has 0 unspecified atom stereocenters. The maximum atomic E-state index is 5.26. The number of rotatable bonds is 3. The quantitative estimate of drug-likeness (QED) is 0.844. The van der Waals surface area contributed by atoms with E-state index in [-0.39, 0.29) is 5.41 Å². The smallest absolute Gasteiger partial charge is 0.172 e. The third-order valence-corrected chi connectivity index (χ3v) is 3.43. The highest BCUT2D eigenvalue weighted by atomic mass is 32.1. The van der Waals surface area contributed by atoms with Crippen LogP contribution in [0.15, 0.2) is 48.7 Å². The second-order valence-electron chi connectivity index (χ2n) is 5.97. The van der Waals surface area contributed by atoms with E-state index in [1.165, 1.54) is 11.1 Å². The van der Waals surface area contributed by atoms with Gasteiger partial charge in [0.25, 0.3) is 0 Å². The summed E-state index contributed by atoms with van der Waals surface area (Å²) in [6.45, 7) is 7.34. The van der Waals surface area contributed by atoms with Crippen molar-refractivity contribution in [2.24, 2.45) is 0 Å². The predicted octanol–water partition coefficient (Wildman–Crippen LogP) is 3.87. The molecule has 0 aliphatic carbocycles. The molecule has 1 heterocycles. The molecule has 0 bridgehead atoms. The number of pyridine rings is 1. The molecule has 2 aromatic rings. The Hall–Kier alpha value is -1.94. The number of anilines is 1. The summed E-state index contributed by atoms with van der Waals surface area (Å²) in [4.78, 5) is 4.17. The van der Waals surface area contributed by atoms with E-state index in [9.17, 15) is 0 Å². The van der Waals surface area contributed by atoms with Gasteiger partial charge in [0.05, 0.1) is 0 Å². The van der Waals surface area contributed by atoms with Crippen LogP contribution >= 0.6 is 12.2 Å². The second-order valence-corrected chi connectivity index (χ2v) is 6.38. The highest BCUT2D eigenvalue weighted by Gasteiger charge is 2.12. The molecule has 0 saturated carbocycles. The molecule has 2 rings (SSSR count). The van der Waals surface area contributed by atoms with Crippen molar-refractivity contribution in [2.45, 2.75) is 32.7 Å². The largest absolute Gasteiger partial charge is 0.358 e. The van der Waals surface area contributed by atoms with Crippen LogP contribution in [0.5, 0.6) is 0 Å². The fourth-order valence-electron chi connectivity index (χ4n) is 1.90. The van der Waals surface area contributed by atoms with Crippen molar-refractivity contribution in [2.75, 3.05) is 5.32 Å². The van der Waals surface area contributed by atoms with Gasteiger partial charge in [-0.2, -0.15) is 0 Å². The van der Waals surface area contributed by atoms with Crippen molar-refractivity contribution in [3.05, 3.63) is 59.8 Å². The van der Waals surface area contributed by atoms with Gasteiger partial charge in [-0.1, -0.05) is 51.1 Å². The molecular formula is C17H21N3S. The van der Waals surface area contributed by atoms with E-state index < -0.39 is 0 Å². The minimum atomic E-state index is 0.182. The van der Waals surface area contributed by atoms with Gasteiger partial charge in [0.1, 0.15) is 5.82 Å². The van der Waals surface area contributed by atoms with Gasteiger partial charge >= 0.3 is 0 Å². The Bertz CT molecular complexity index is 586. The molecule has 110 valence electrons. The van der Waals surface area contributed by atoms with Crippen LogP contribution in [-0.2, 0) is 12.0 Å². The fraction of sp³-hybridized carbons (Fsp3) is 0.294. The van der Waals surface area contributed by atoms with Crippen LogP contribution in [0.3, 0.4) is 0 Å². The van der Waals surface area contributed by atoms with Gasteiger partial charge in [-0.25, -0.2) is 4.98 Å². The SMILES string of the molecule is CC(C)(C)c1ccc(CNC(=S)Nc2ccccn2)cc1. The van der Waals surface area contributed by atoms with Crippen molar-refractivity contribution < 1.29 is 0 Å². The zero-order chi connectivity index (χ0) is 15.3. The van der Waals surface area contributed by atoms with Gasteiger partial charge in [0.15, 0.2) is 5.11 Å². The Morgan fingerprint density at radius 3 is 2.38 bits per heavy atom. The van der Waals surface area contributed by atoms with Crippen LogP contribution < -0.4 is 10.6 Å². The number of hydrogen-bond acceptors (Lipinski definition) is 2. The first kappa shape index (κ1) is 15.4. The summed E-state index contributed by atoms with van der Waals surface area (Å²) in [5.41, 5.74) is 2.72. The van der Waals surface area contributed by atoms with Gasteiger partial charge in [-0.05, 0) is 40.9 Å². The monoisotopic (exact) mass is 299 g/mol. The zero-order valence-corrected chi connectivity index (χ0v) is 13.5. The normalized spacial score (nSPS) is 11.0. The topological polar surface area (TPSA) is 37.0 Å². The summed E-state index contributed by atoms with van der Waals surface area (Å²) in [6, 6.07) is 14.3. The first-order chi connectivity index (χ1) is 9.95. The fourth-order valence-corrected chi connectivity index (χ4v) is 2.08. The van der Waals surface area contributed by atoms with Crippen molar-refractivity contribution in [3.8, 4) is 0 Å². The molecule has 0 saturated heterocycles. The lowest BCUT2D eigenvalue weighted by molar-refractivity contribution is 0.590. The summed E-state index contributed by atoms with van der Waals surface area (Å²) in [5.74, 6) is 0.748. The van der Waals surface area contributed by atoms with Gasteiger partial charge < -0.3 is 10.6 Å². The second kappa shape index (κ2) is 6.68. The van der Waals surface area contributed by atoms with Crippen LogP contribution in [0.1, 0.15) is 31.9 Å². The van der Waals surface area contributed by atoms with Crippen LogP contribution in [-0.4, -0.2) is 10.1 Å². The number of benzene rings is 1. The standard InChI is InChI=1S/C17H21N3S/c1-17(2,3)14-9-7-13(8-10-14)12-19-16(21)20-15-6-4-5-11-18-15/h4-11H,12H2,1-3H3,(H2,18,19,20,21). The first-order valence-electron chi connectivity index (χ1n) is 7.00. The number of nitrogens with zero attached hydrogens (tertiary/aromatic N) is 1. The maximum Gasteiger partial charge on any atom is 0.172 e. The summed E-state index contributed by atoms with van der Waals surface area (Å²) in [7, 11) is 0. The minimum Gasteiger partial charge on any atom is -0.358 e. The van der Waals surface area contributed by atoms with Gasteiger partial charge in [-0.3, -0.25) is 0 Å². The molecular weight excluding hydrogens is 278 g/mol. The molecule has 0 fully saturated rings. The summed E-state index contributed by atoms with van der Waals surface area (Å²) in [6.07, 6.45) is 1.73. The van der Waals surface area contributed by atoms with Crippen LogP contribution in [0.2, 0.25) is 0 Å². The van der Waals surface area contributed by atoms with Gasteiger partial charge in [0.2, 0.25) is 0 Å². The predicted molar refractivity (Wildman–Crippen MR) is 92.4 cm³/mol. The highest BCUT2D eigenvalue weighted by Crippen LogP contribution is 2.22. The molecule has 0 aliphatic rings. The van der Waals surface area contributed by atoms with Gasteiger partial charge in [-0.15, -0.1) is 0 Å². The van der Waals surface area contributed by atoms with Gasteiger partial charge in [0, 0.05) is 12.7 Å². The van der Waals surface area contributed by atoms with Crippen LogP contribution in [0.25, 0.3) is 0 Å². The lowest BCUT2D eigenvalue weighted by Crippen LogP contribution is -2.28. The average Bonchev–Trinajstić information content (AvgIpc) is 2.46. The lowest BCUT2D eigenvalue weighted by atomic mass is 9.87. The van der Waals surface area contributed by atoms with Crippen molar-refractivity contribution in [3.63, 3.8) is 0 Å². The van der Waals surface area contributed by atoms with E-state index in [2.05, 4.69) is 60.7 Å². The van der Waals surface area contributed by atoms with E-state index >= 15 is 0 Å². The molecule has 1 aromatic carbocycles. The molecule has 0 atom stereocenters. The molecule has 4 heteroatoms. The highest BCUT2D eigenvalue weighted by molar-refractivity contribution is 7.80. The third kappa shape index (κ3) is 4.83. The Balaban J connectivity index is 1.87. The third-order valence-electron chi connectivity index (χ3n) is 3.18. The average molecular weight is 299 g/mol. The molecule has 0 spiro atoms. The molecule has 0 aliphatic heterocycles. The van der Waals surface area contributed by atoms with E-state index in [1.54, 1.807) is 6.20 Å². The van der Waals surface area contributed by atoms with Crippen molar-refractivity contribution in [1.29, 1.82) is 0 Å². The Morgan fingerprint density at radius 1 is 1.10 bits per heavy atom. The van der Waals surface area contributed by atoms with Crippen LogP contribution in [0, 0.1) is 0 Å². The van der Waals surface area contributed by atoms with E-state index in [4.69, 9.17) is 12.2 Å². The van der Waals surface area contributed by atoms with Crippen molar-refractivity contribution in [1.82, 2.24) is 10.3 Å². The van der Waals surface area contributed by atoms with E-state index in [0.29, 0.717) is 11.7 Å². The Labute approximate surface area is 131 Å². The van der Waals surface area contributed by atoms with Crippen molar-refractivity contribution >= 4 is 23.1 Å². The summed E-state index contributed by atoms with van der Waals surface area (Å²) >= 11 is 5.26. The van der Waals surface area contributed by atoms with Crippen LogP contribution in [0.4, 0.5) is 5.82 Å². The number of nitrogens with one attached hydrogen (secondary N) is 2. The molecule has 21 heavy (non-hydrogen) atoms. The first-order valence-corrected chi connectivity index (χ1v) is 7.41. The summed E-state index contributed by atoms with van der Waals surface area (Å²) < 4.78 is 0. The molecule has 0 amide bonds. The number of hydrogen-bond donors (Lipinski definition) is 2. The zero-order valence-electron chi connectivity index (χ0n) is 12.7. The number of aromatic nitrogens is 1. The molecule has 3 nitrogen and oxygen atoms in total. The molecule has 0 radical (unpaired) electrons.